The Labute approximate surface area is 182 Å². The van der Waals surface area contributed by atoms with Gasteiger partial charge in [-0.05, 0) is 19.9 Å². The molecule has 2 aliphatic heterocycles. The fourth-order valence-corrected chi connectivity index (χ4v) is 6.15. The second kappa shape index (κ2) is 8.77. The van der Waals surface area contributed by atoms with Crippen LogP contribution < -0.4 is 5.73 Å². The van der Waals surface area contributed by atoms with Crippen LogP contribution in [0.25, 0.3) is 0 Å². The minimum Gasteiger partial charge on any atom is -0.388 e. The number of aliphatic imine (C=N–C) groups is 1. The van der Waals surface area contributed by atoms with Crippen molar-refractivity contribution >= 4 is 29.3 Å². The number of amidine groups is 1. The molecule has 0 radical (unpaired) electrons. The smallest absolute Gasteiger partial charge is 0.388 e. The summed E-state index contributed by atoms with van der Waals surface area (Å²) in [5.74, 6) is 2.69. The van der Waals surface area contributed by atoms with Crippen LogP contribution in [0, 0.1) is 17.8 Å². The molecule has 180 valence electrons. The van der Waals surface area contributed by atoms with Crippen LogP contribution in [0.2, 0.25) is 0 Å². The molecule has 0 amide bonds. The van der Waals surface area contributed by atoms with Gasteiger partial charge in [-0.2, -0.15) is 8.62 Å². The maximum absolute atomic E-state index is 12.0. The summed E-state index contributed by atoms with van der Waals surface area (Å²) in [5, 5.41) is 10.9. The molecule has 3 unspecified atom stereocenters. The van der Waals surface area contributed by atoms with Gasteiger partial charge in [-0.15, -0.1) is 6.42 Å². The number of rotatable bonds is 8. The summed E-state index contributed by atoms with van der Waals surface area (Å²) in [7, 11) is -16.7. The van der Waals surface area contributed by atoms with Crippen molar-refractivity contribution in [1.82, 2.24) is 4.90 Å². The molecular weight excluding hydrogens is 495 g/mol. The van der Waals surface area contributed by atoms with Gasteiger partial charge in [0, 0.05) is 6.20 Å². The van der Waals surface area contributed by atoms with Gasteiger partial charge >= 0.3 is 23.5 Å². The van der Waals surface area contributed by atoms with E-state index in [0.29, 0.717) is 0 Å². The summed E-state index contributed by atoms with van der Waals surface area (Å²) < 4.78 is 51.9. The highest BCUT2D eigenvalue weighted by molar-refractivity contribution is 7.66. The van der Waals surface area contributed by atoms with E-state index < -0.39 is 53.4 Å². The van der Waals surface area contributed by atoms with Gasteiger partial charge in [0.25, 0.3) is 0 Å². The molecular formula is C14H22N3O12P3. The SMILES string of the molecule is C#CC1(C)[C@@H](O)[C@@](C)(COP(=O)(O)OP(=O)(O)OP(=O)(O)O)O[C@H]1N1C=CC(N)=NC1=C. The summed E-state index contributed by atoms with van der Waals surface area (Å²) >= 11 is 0. The monoisotopic (exact) mass is 517 g/mol. The highest BCUT2D eigenvalue weighted by Gasteiger charge is 2.61. The zero-order chi connectivity index (χ0) is 24.8. The van der Waals surface area contributed by atoms with Gasteiger partial charge < -0.3 is 40.1 Å². The molecule has 15 nitrogen and oxygen atoms in total. The number of nitrogens with two attached hydrogens (primary N) is 1. The number of terminal acetylenes is 1. The van der Waals surface area contributed by atoms with Gasteiger partial charge in [0.15, 0.2) is 6.23 Å². The third kappa shape index (κ3) is 5.95. The highest BCUT2D eigenvalue weighted by Crippen LogP contribution is 2.66. The lowest BCUT2D eigenvalue weighted by molar-refractivity contribution is -0.121. The number of aliphatic hydroxyl groups is 1. The van der Waals surface area contributed by atoms with E-state index in [1.807, 2.05) is 0 Å². The molecule has 0 bridgehead atoms. The van der Waals surface area contributed by atoms with Crippen LogP contribution in [-0.4, -0.2) is 60.0 Å². The standard InChI is InChI=1S/C14H22N3O12P3/c1-5-13(3)11(18)14(4,27-12(13)17-7-6-10(15)16-9(17)2)8-26-31(22,23)29-32(24,25)28-30(19,20)21/h1,6-7,11-12,18H,2,8H2,3-4H3,(H2,15,16)(H,22,23)(H,24,25)(H2,19,20,21)/t11-,12-,13?,14-/m1/s1. The minimum absolute atomic E-state index is 0.126. The van der Waals surface area contributed by atoms with Gasteiger partial charge in [-0.1, -0.05) is 12.5 Å². The molecule has 2 heterocycles. The molecule has 2 rings (SSSR count). The van der Waals surface area contributed by atoms with Gasteiger partial charge in [0.1, 0.15) is 28.8 Å². The first-order chi connectivity index (χ1) is 14.3. The molecule has 18 heteroatoms. The molecule has 0 aromatic carbocycles. The molecule has 0 aromatic heterocycles. The Morgan fingerprint density at radius 1 is 1.28 bits per heavy atom. The zero-order valence-corrected chi connectivity index (χ0v) is 19.4. The van der Waals surface area contributed by atoms with Crippen LogP contribution in [0.3, 0.4) is 0 Å². The number of phosphoric acid groups is 3. The Morgan fingerprint density at radius 2 is 1.88 bits per heavy atom. The molecule has 0 spiro atoms. The normalized spacial score (nSPS) is 34.5. The van der Waals surface area contributed by atoms with Gasteiger partial charge in [0.05, 0.1) is 6.61 Å². The van der Waals surface area contributed by atoms with E-state index in [1.165, 1.54) is 31.0 Å². The molecule has 0 aromatic rings. The van der Waals surface area contributed by atoms with Crippen molar-refractivity contribution in [3.63, 3.8) is 0 Å². The summed E-state index contributed by atoms with van der Waals surface area (Å²) in [6.45, 7) is 5.54. The number of ether oxygens (including phenoxy) is 1. The summed E-state index contributed by atoms with van der Waals surface area (Å²) in [6, 6.07) is 0. The van der Waals surface area contributed by atoms with E-state index in [4.69, 9.17) is 26.7 Å². The molecule has 1 fully saturated rings. The Kier molecular flexibility index (Phi) is 7.37. The van der Waals surface area contributed by atoms with Crippen molar-refractivity contribution in [2.24, 2.45) is 16.1 Å². The van der Waals surface area contributed by atoms with Crippen LogP contribution in [-0.2, 0) is 31.6 Å². The lowest BCUT2D eigenvalue weighted by Gasteiger charge is -2.36. The van der Waals surface area contributed by atoms with Crippen LogP contribution in [0.1, 0.15) is 13.8 Å². The second-order valence-corrected chi connectivity index (χ2v) is 11.6. The third-order valence-electron chi connectivity index (χ3n) is 4.50. The quantitative estimate of drug-likeness (QED) is 0.185. The number of hydrogen-bond donors (Lipinski definition) is 6. The van der Waals surface area contributed by atoms with Crippen molar-refractivity contribution in [2.45, 2.75) is 31.8 Å². The molecule has 32 heavy (non-hydrogen) atoms. The fourth-order valence-electron chi connectivity index (χ4n) is 3.03. The predicted molar refractivity (Wildman–Crippen MR) is 108 cm³/mol. The molecule has 0 saturated carbocycles. The first-order valence-electron chi connectivity index (χ1n) is 8.46. The largest absolute Gasteiger partial charge is 0.490 e. The van der Waals surface area contributed by atoms with Gasteiger partial charge in [-0.3, -0.25) is 4.52 Å². The van der Waals surface area contributed by atoms with E-state index in [-0.39, 0.29) is 11.7 Å². The Morgan fingerprint density at radius 3 is 2.38 bits per heavy atom. The highest BCUT2D eigenvalue weighted by atomic mass is 31.3. The van der Waals surface area contributed by atoms with Gasteiger partial charge in [0.2, 0.25) is 0 Å². The van der Waals surface area contributed by atoms with Crippen LogP contribution in [0.4, 0.5) is 0 Å². The lowest BCUT2D eigenvalue weighted by Crippen LogP contribution is -2.47. The second-order valence-electron chi connectivity index (χ2n) is 7.15. The Hall–Kier alpha value is -1.36. The van der Waals surface area contributed by atoms with E-state index in [2.05, 4.69) is 30.6 Å². The van der Waals surface area contributed by atoms with Crippen molar-refractivity contribution < 1.29 is 56.3 Å². The van der Waals surface area contributed by atoms with Gasteiger partial charge in [-0.25, -0.2) is 18.7 Å². The Balaban J connectivity index is 2.21. The van der Waals surface area contributed by atoms with E-state index in [0.717, 1.165) is 0 Å². The number of aliphatic hydroxyl groups excluding tert-OH is 1. The van der Waals surface area contributed by atoms with Crippen molar-refractivity contribution in [1.29, 1.82) is 0 Å². The number of nitrogens with zero attached hydrogens (tertiary/aromatic N) is 2. The van der Waals surface area contributed by atoms with Crippen LogP contribution in [0.5, 0.6) is 0 Å². The van der Waals surface area contributed by atoms with Crippen molar-refractivity contribution in [3.05, 3.63) is 24.7 Å². The minimum atomic E-state index is -5.71. The summed E-state index contributed by atoms with van der Waals surface area (Å²) in [5.41, 5.74) is 2.38. The average Bonchev–Trinajstić information content (AvgIpc) is 2.80. The molecule has 1 saturated heterocycles. The van der Waals surface area contributed by atoms with Crippen LogP contribution in [0.15, 0.2) is 29.7 Å². The fraction of sp³-hybridized carbons (Fsp3) is 0.500. The van der Waals surface area contributed by atoms with E-state index in [9.17, 15) is 28.6 Å². The first kappa shape index (κ1) is 26.9. The summed E-state index contributed by atoms with van der Waals surface area (Å²) in [4.78, 5) is 41.4. The Bertz CT molecular complexity index is 1030. The van der Waals surface area contributed by atoms with Crippen molar-refractivity contribution in [2.75, 3.05) is 6.61 Å². The molecule has 6 atom stereocenters. The first-order valence-corrected chi connectivity index (χ1v) is 13.0. The number of phosphoric ester groups is 1. The van der Waals surface area contributed by atoms with Crippen LogP contribution >= 0.6 is 23.5 Å². The van der Waals surface area contributed by atoms with Crippen molar-refractivity contribution in [3.8, 4) is 12.3 Å². The van der Waals surface area contributed by atoms with E-state index >= 15 is 0 Å². The topological polar surface area (TPSA) is 231 Å². The molecule has 2 aliphatic rings. The third-order valence-corrected chi connectivity index (χ3v) is 8.28. The maximum atomic E-state index is 12.0. The summed E-state index contributed by atoms with van der Waals surface area (Å²) in [6.07, 6.45) is 5.86. The lowest BCUT2D eigenvalue weighted by atomic mass is 9.78. The predicted octanol–water partition coefficient (Wildman–Crippen LogP) is 0.103. The maximum Gasteiger partial charge on any atom is 0.490 e. The zero-order valence-electron chi connectivity index (χ0n) is 16.7. The molecule has 7 N–H and O–H groups in total. The van der Waals surface area contributed by atoms with E-state index in [1.54, 1.807) is 0 Å². The molecule has 0 aliphatic carbocycles. The average molecular weight is 517 g/mol. The number of hydrogen-bond acceptors (Lipinski definition) is 11.